The predicted molar refractivity (Wildman–Crippen MR) is 98.2 cm³/mol. The molecule has 0 bridgehead atoms. The lowest BCUT2D eigenvalue weighted by Crippen LogP contribution is -2.59. The van der Waals surface area contributed by atoms with Crippen molar-refractivity contribution < 1.29 is 13.5 Å². The van der Waals surface area contributed by atoms with Crippen molar-refractivity contribution in [2.75, 3.05) is 37.7 Å². The summed E-state index contributed by atoms with van der Waals surface area (Å²) in [7, 11) is 0. The lowest BCUT2D eigenvalue weighted by atomic mass is 9.90. The van der Waals surface area contributed by atoms with Crippen LogP contribution in [0.5, 0.6) is 0 Å². The average molecular weight is 358 g/mol. The number of anilines is 1. The number of hydrogen-bond acceptors (Lipinski definition) is 3. The third-order valence-electron chi connectivity index (χ3n) is 5.36. The second-order valence-electron chi connectivity index (χ2n) is 7.37. The van der Waals surface area contributed by atoms with Gasteiger partial charge in [-0.15, -0.1) is 0 Å². The molecule has 138 valence electrons. The van der Waals surface area contributed by atoms with Gasteiger partial charge < -0.3 is 9.64 Å². The van der Waals surface area contributed by atoms with Crippen LogP contribution in [-0.4, -0.2) is 43.3 Å². The number of piperidine rings is 1. The van der Waals surface area contributed by atoms with Gasteiger partial charge in [-0.25, -0.2) is 8.78 Å². The highest BCUT2D eigenvalue weighted by Gasteiger charge is 2.40. The van der Waals surface area contributed by atoms with Gasteiger partial charge in [-0.2, -0.15) is 0 Å². The fourth-order valence-corrected chi connectivity index (χ4v) is 4.14. The summed E-state index contributed by atoms with van der Waals surface area (Å²) in [5.41, 5.74) is 1.81. The molecule has 0 radical (unpaired) electrons. The van der Waals surface area contributed by atoms with Crippen LogP contribution in [-0.2, 0) is 11.3 Å². The van der Waals surface area contributed by atoms with Gasteiger partial charge in [0.2, 0.25) is 0 Å². The first-order valence-electron chi connectivity index (χ1n) is 9.23. The summed E-state index contributed by atoms with van der Waals surface area (Å²) < 4.78 is 33.0. The highest BCUT2D eigenvalue weighted by molar-refractivity contribution is 5.47. The van der Waals surface area contributed by atoms with Gasteiger partial charge in [0, 0.05) is 38.4 Å². The summed E-state index contributed by atoms with van der Waals surface area (Å²) in [5, 5.41) is 0. The largest absolute Gasteiger partial charge is 0.370 e. The Balaban J connectivity index is 1.45. The highest BCUT2D eigenvalue weighted by atomic mass is 19.1. The normalized spacial score (nSPS) is 24.2. The van der Waals surface area contributed by atoms with E-state index in [0.717, 1.165) is 56.8 Å². The quantitative estimate of drug-likeness (QED) is 0.829. The van der Waals surface area contributed by atoms with Crippen LogP contribution >= 0.6 is 0 Å². The molecule has 2 aliphatic heterocycles. The zero-order valence-electron chi connectivity index (χ0n) is 14.8. The molecule has 2 aromatic rings. The molecular weight excluding hydrogens is 334 g/mol. The number of halogens is 2. The summed E-state index contributed by atoms with van der Waals surface area (Å²) in [5.74, 6) is -0.408. The van der Waals surface area contributed by atoms with E-state index in [-0.39, 0.29) is 17.2 Å². The van der Waals surface area contributed by atoms with E-state index in [2.05, 4.69) is 9.80 Å². The second kappa shape index (κ2) is 7.33. The smallest absolute Gasteiger partial charge is 0.125 e. The van der Waals surface area contributed by atoms with Gasteiger partial charge in [0.25, 0.3) is 0 Å². The van der Waals surface area contributed by atoms with Crippen LogP contribution in [0.3, 0.4) is 0 Å². The molecule has 3 nitrogen and oxygen atoms in total. The van der Waals surface area contributed by atoms with Gasteiger partial charge >= 0.3 is 0 Å². The molecule has 0 amide bonds. The number of hydrogen-bond donors (Lipinski definition) is 0. The van der Waals surface area contributed by atoms with Crippen molar-refractivity contribution >= 4 is 5.69 Å². The van der Waals surface area contributed by atoms with Gasteiger partial charge in [0.05, 0.1) is 12.2 Å². The molecule has 2 saturated heterocycles. The summed E-state index contributed by atoms with van der Waals surface area (Å²) >= 11 is 0. The molecule has 2 heterocycles. The van der Waals surface area contributed by atoms with Gasteiger partial charge in [0.15, 0.2) is 0 Å². The number of nitrogens with zero attached hydrogens (tertiary/aromatic N) is 2. The number of rotatable bonds is 3. The minimum atomic E-state index is -0.219. The molecule has 2 aromatic carbocycles. The maximum atomic E-state index is 13.6. The summed E-state index contributed by atoms with van der Waals surface area (Å²) in [6.07, 6.45) is 2.04. The third-order valence-corrected chi connectivity index (χ3v) is 5.36. The molecule has 2 fully saturated rings. The molecule has 0 aliphatic carbocycles. The van der Waals surface area contributed by atoms with E-state index < -0.39 is 0 Å². The van der Waals surface area contributed by atoms with E-state index in [4.69, 9.17) is 4.74 Å². The van der Waals surface area contributed by atoms with Crippen molar-refractivity contribution in [1.29, 1.82) is 0 Å². The molecule has 0 aromatic heterocycles. The van der Waals surface area contributed by atoms with Gasteiger partial charge in [-0.1, -0.05) is 18.2 Å². The lowest BCUT2D eigenvalue weighted by molar-refractivity contribution is -0.116. The second-order valence-corrected chi connectivity index (χ2v) is 7.37. The third kappa shape index (κ3) is 3.89. The number of ether oxygens (including phenoxy) is 1. The zero-order chi connectivity index (χ0) is 18.0. The van der Waals surface area contributed by atoms with Crippen molar-refractivity contribution in [1.82, 2.24) is 4.90 Å². The zero-order valence-corrected chi connectivity index (χ0v) is 14.8. The van der Waals surface area contributed by atoms with Crippen LogP contribution in [0.25, 0.3) is 0 Å². The molecule has 0 unspecified atom stereocenters. The summed E-state index contributed by atoms with van der Waals surface area (Å²) in [4.78, 5) is 4.61. The molecule has 1 spiro atoms. The van der Waals surface area contributed by atoms with Crippen molar-refractivity contribution in [3.63, 3.8) is 0 Å². The summed E-state index contributed by atoms with van der Waals surface area (Å²) in [6, 6.07) is 13.5. The molecule has 4 rings (SSSR count). The first kappa shape index (κ1) is 17.4. The van der Waals surface area contributed by atoms with Crippen LogP contribution in [0.15, 0.2) is 48.5 Å². The first-order chi connectivity index (χ1) is 12.6. The van der Waals surface area contributed by atoms with Gasteiger partial charge in [-0.05, 0) is 48.7 Å². The lowest BCUT2D eigenvalue weighted by Gasteiger charge is -2.48. The molecule has 1 atom stereocenters. The Kier molecular flexibility index (Phi) is 4.92. The monoisotopic (exact) mass is 358 g/mol. The maximum Gasteiger partial charge on any atom is 0.125 e. The fourth-order valence-electron chi connectivity index (χ4n) is 4.14. The van der Waals surface area contributed by atoms with Crippen molar-refractivity contribution in [3.05, 3.63) is 65.7 Å². The Morgan fingerprint density at radius 2 is 1.81 bits per heavy atom. The van der Waals surface area contributed by atoms with E-state index in [1.165, 1.54) is 18.2 Å². The van der Waals surface area contributed by atoms with Crippen LogP contribution in [0.4, 0.5) is 14.5 Å². The number of benzene rings is 2. The van der Waals surface area contributed by atoms with Crippen LogP contribution < -0.4 is 4.90 Å². The van der Waals surface area contributed by atoms with E-state index in [9.17, 15) is 8.78 Å². The minimum absolute atomic E-state index is 0.204. The predicted octanol–water partition coefficient (Wildman–Crippen LogP) is 3.84. The van der Waals surface area contributed by atoms with Crippen molar-refractivity contribution in [3.8, 4) is 0 Å². The van der Waals surface area contributed by atoms with Gasteiger partial charge in [-0.3, -0.25) is 4.90 Å². The molecule has 0 N–H and O–H groups in total. The molecule has 2 aliphatic rings. The van der Waals surface area contributed by atoms with E-state index in [0.29, 0.717) is 6.61 Å². The average Bonchev–Trinajstić information content (AvgIpc) is 2.64. The standard InChI is InChI=1S/C21H24F2N2O/c22-18-7-5-17(6-8-18)14-24-11-12-26-21(15-24)9-2-10-25(16-21)20-4-1-3-19(23)13-20/h1,3-8,13H,2,9-12,14-16H2/t21-/m0/s1. The number of morpholine rings is 1. The van der Waals surface area contributed by atoms with Crippen molar-refractivity contribution in [2.24, 2.45) is 0 Å². The SMILES string of the molecule is Fc1ccc(CN2CCO[C@@]3(CCCN(c4cccc(F)c4)C3)C2)cc1. The Hall–Kier alpha value is -1.98. The Bertz CT molecular complexity index is 748. The van der Waals surface area contributed by atoms with Gasteiger partial charge in [0.1, 0.15) is 11.6 Å². The molecule has 5 heteroatoms. The van der Waals surface area contributed by atoms with Crippen molar-refractivity contribution in [2.45, 2.75) is 25.0 Å². The van der Waals surface area contributed by atoms with E-state index in [1.54, 1.807) is 12.1 Å². The minimum Gasteiger partial charge on any atom is -0.370 e. The fraction of sp³-hybridized carbons (Fsp3) is 0.429. The maximum absolute atomic E-state index is 13.6. The highest BCUT2D eigenvalue weighted by Crippen LogP contribution is 2.32. The van der Waals surface area contributed by atoms with E-state index >= 15 is 0 Å². The molecule has 26 heavy (non-hydrogen) atoms. The first-order valence-corrected chi connectivity index (χ1v) is 9.23. The Morgan fingerprint density at radius 1 is 0.962 bits per heavy atom. The summed E-state index contributed by atoms with van der Waals surface area (Å²) in [6.45, 7) is 4.90. The molecular formula is C21H24F2N2O. The Labute approximate surface area is 153 Å². The van der Waals surface area contributed by atoms with Crippen LogP contribution in [0, 0.1) is 11.6 Å². The topological polar surface area (TPSA) is 15.7 Å². The van der Waals surface area contributed by atoms with Crippen LogP contribution in [0.1, 0.15) is 18.4 Å². The molecule has 0 saturated carbocycles. The van der Waals surface area contributed by atoms with Crippen LogP contribution in [0.2, 0.25) is 0 Å². The Morgan fingerprint density at radius 3 is 2.62 bits per heavy atom. The van der Waals surface area contributed by atoms with E-state index in [1.807, 2.05) is 18.2 Å².